The van der Waals surface area contributed by atoms with E-state index in [0.717, 1.165) is 27.5 Å². The monoisotopic (exact) mass is 348 g/mol. The summed E-state index contributed by atoms with van der Waals surface area (Å²) in [5.41, 5.74) is 2.60. The van der Waals surface area contributed by atoms with Crippen molar-refractivity contribution in [3.63, 3.8) is 0 Å². The highest BCUT2D eigenvalue weighted by atomic mass is 17.2. The van der Waals surface area contributed by atoms with Crippen LogP contribution < -0.4 is 0 Å². The summed E-state index contributed by atoms with van der Waals surface area (Å²) >= 11 is 0. The van der Waals surface area contributed by atoms with Gasteiger partial charge in [0.05, 0.1) is 6.61 Å². The third kappa shape index (κ3) is 2.94. The van der Waals surface area contributed by atoms with Gasteiger partial charge in [0.15, 0.2) is 17.6 Å². The maximum absolute atomic E-state index is 10.6. The van der Waals surface area contributed by atoms with E-state index in [4.69, 9.17) is 14.5 Å². The van der Waals surface area contributed by atoms with Crippen molar-refractivity contribution in [3.05, 3.63) is 89.2 Å². The maximum atomic E-state index is 10.6. The standard InChI is InChI=1S/C22H20O4/c1-2-24-22-20(23)18-13-12-16-10-6-7-11-17(16)19(18)21(22)26-25-14-15-8-4-3-5-9-15/h3-13,21,23H,2,14H2,1H3. The van der Waals surface area contributed by atoms with Crippen LogP contribution in [-0.2, 0) is 21.1 Å². The highest BCUT2D eigenvalue weighted by Gasteiger charge is 2.36. The maximum Gasteiger partial charge on any atom is 0.180 e. The Morgan fingerprint density at radius 3 is 2.50 bits per heavy atom. The summed E-state index contributed by atoms with van der Waals surface area (Å²) in [7, 11) is 0. The Labute approximate surface area is 152 Å². The van der Waals surface area contributed by atoms with Gasteiger partial charge in [-0.3, -0.25) is 0 Å². The van der Waals surface area contributed by atoms with Crippen LogP contribution in [0.1, 0.15) is 29.7 Å². The molecule has 0 fully saturated rings. The van der Waals surface area contributed by atoms with E-state index in [1.54, 1.807) is 0 Å². The predicted molar refractivity (Wildman–Crippen MR) is 100 cm³/mol. The molecule has 1 aliphatic rings. The van der Waals surface area contributed by atoms with E-state index in [1.807, 2.05) is 73.7 Å². The molecule has 0 radical (unpaired) electrons. The molecule has 4 nitrogen and oxygen atoms in total. The zero-order chi connectivity index (χ0) is 17.9. The Morgan fingerprint density at radius 2 is 1.69 bits per heavy atom. The molecular formula is C22H20O4. The first-order valence-electron chi connectivity index (χ1n) is 8.69. The second kappa shape index (κ2) is 7.20. The fraction of sp³-hybridized carbons (Fsp3) is 0.182. The minimum Gasteiger partial charge on any atom is -0.504 e. The van der Waals surface area contributed by atoms with Crippen molar-refractivity contribution in [2.75, 3.05) is 6.61 Å². The van der Waals surface area contributed by atoms with Crippen LogP contribution in [0.2, 0.25) is 0 Å². The molecule has 1 atom stereocenters. The average molecular weight is 348 g/mol. The SMILES string of the molecule is CCOC1=C(O)c2ccc3ccccc3c2C1OOCc1ccccc1. The summed E-state index contributed by atoms with van der Waals surface area (Å²) in [5, 5.41) is 12.7. The molecule has 0 saturated carbocycles. The van der Waals surface area contributed by atoms with Crippen molar-refractivity contribution < 1.29 is 19.6 Å². The van der Waals surface area contributed by atoms with Crippen molar-refractivity contribution in [1.29, 1.82) is 0 Å². The molecule has 0 spiro atoms. The van der Waals surface area contributed by atoms with Gasteiger partial charge in [-0.15, -0.1) is 0 Å². The molecule has 0 aliphatic heterocycles. The van der Waals surface area contributed by atoms with E-state index in [9.17, 15) is 5.11 Å². The molecule has 0 bridgehead atoms. The lowest BCUT2D eigenvalue weighted by molar-refractivity contribution is -0.332. The first kappa shape index (κ1) is 16.6. The lowest BCUT2D eigenvalue weighted by atomic mass is 9.99. The normalized spacial score (nSPS) is 16.1. The zero-order valence-corrected chi connectivity index (χ0v) is 14.5. The molecule has 0 amide bonds. The number of benzene rings is 3. The number of hydrogen-bond donors (Lipinski definition) is 1. The highest BCUT2D eigenvalue weighted by molar-refractivity contribution is 5.92. The van der Waals surface area contributed by atoms with Crippen LogP contribution >= 0.6 is 0 Å². The van der Waals surface area contributed by atoms with Gasteiger partial charge in [-0.05, 0) is 23.3 Å². The van der Waals surface area contributed by atoms with Gasteiger partial charge in [0.2, 0.25) is 0 Å². The summed E-state index contributed by atoms with van der Waals surface area (Å²) < 4.78 is 5.69. The molecule has 3 aromatic rings. The van der Waals surface area contributed by atoms with Crippen molar-refractivity contribution in [1.82, 2.24) is 0 Å². The van der Waals surface area contributed by atoms with Crippen LogP contribution in [-0.4, -0.2) is 11.7 Å². The summed E-state index contributed by atoms with van der Waals surface area (Å²) in [6, 6.07) is 21.7. The molecule has 132 valence electrons. The molecule has 0 saturated heterocycles. The fourth-order valence-corrected chi connectivity index (χ4v) is 3.31. The Kier molecular flexibility index (Phi) is 4.61. The van der Waals surface area contributed by atoms with Crippen molar-refractivity contribution in [3.8, 4) is 0 Å². The molecule has 4 heteroatoms. The Hall–Kier alpha value is -2.82. The van der Waals surface area contributed by atoms with E-state index in [0.29, 0.717) is 19.0 Å². The first-order chi connectivity index (χ1) is 12.8. The van der Waals surface area contributed by atoms with Gasteiger partial charge in [0.1, 0.15) is 6.61 Å². The quantitative estimate of drug-likeness (QED) is 0.485. The summed E-state index contributed by atoms with van der Waals surface area (Å²) in [5.74, 6) is 0.507. The van der Waals surface area contributed by atoms with E-state index in [2.05, 4.69) is 0 Å². The molecule has 1 unspecified atom stereocenters. The van der Waals surface area contributed by atoms with Gasteiger partial charge in [-0.1, -0.05) is 66.7 Å². The van der Waals surface area contributed by atoms with Crippen LogP contribution in [0.3, 0.4) is 0 Å². The number of aliphatic hydroxyl groups is 1. The second-order valence-corrected chi connectivity index (χ2v) is 6.12. The Balaban J connectivity index is 1.66. The number of hydrogen-bond acceptors (Lipinski definition) is 4. The lowest BCUT2D eigenvalue weighted by Crippen LogP contribution is -2.09. The first-order valence-corrected chi connectivity index (χ1v) is 8.69. The number of ether oxygens (including phenoxy) is 1. The summed E-state index contributed by atoms with van der Waals surface area (Å²) in [4.78, 5) is 11.2. The van der Waals surface area contributed by atoms with E-state index >= 15 is 0 Å². The smallest absolute Gasteiger partial charge is 0.180 e. The van der Waals surface area contributed by atoms with Crippen molar-refractivity contribution in [2.24, 2.45) is 0 Å². The minimum atomic E-state index is -0.597. The van der Waals surface area contributed by atoms with E-state index in [-0.39, 0.29) is 5.76 Å². The van der Waals surface area contributed by atoms with Crippen LogP contribution in [0.25, 0.3) is 16.5 Å². The van der Waals surface area contributed by atoms with Gasteiger partial charge in [0.25, 0.3) is 0 Å². The highest BCUT2D eigenvalue weighted by Crippen LogP contribution is 2.45. The summed E-state index contributed by atoms with van der Waals surface area (Å²) in [6.07, 6.45) is -0.597. The molecule has 1 aliphatic carbocycles. The van der Waals surface area contributed by atoms with Crippen LogP contribution in [0.5, 0.6) is 0 Å². The van der Waals surface area contributed by atoms with Gasteiger partial charge in [-0.25, -0.2) is 9.78 Å². The molecule has 1 N–H and O–H groups in total. The average Bonchev–Trinajstić information content (AvgIpc) is 2.95. The Morgan fingerprint density at radius 1 is 0.923 bits per heavy atom. The largest absolute Gasteiger partial charge is 0.504 e. The predicted octanol–water partition coefficient (Wildman–Crippen LogP) is 5.31. The van der Waals surface area contributed by atoms with E-state index in [1.165, 1.54) is 0 Å². The number of aliphatic hydroxyl groups excluding tert-OH is 1. The van der Waals surface area contributed by atoms with Crippen LogP contribution in [0, 0.1) is 0 Å². The molecular weight excluding hydrogens is 328 g/mol. The zero-order valence-electron chi connectivity index (χ0n) is 14.5. The molecule has 26 heavy (non-hydrogen) atoms. The summed E-state index contributed by atoms with van der Waals surface area (Å²) in [6.45, 7) is 2.63. The van der Waals surface area contributed by atoms with Crippen LogP contribution in [0.4, 0.5) is 0 Å². The van der Waals surface area contributed by atoms with Crippen LogP contribution in [0.15, 0.2) is 72.5 Å². The van der Waals surface area contributed by atoms with E-state index < -0.39 is 6.10 Å². The van der Waals surface area contributed by atoms with Gasteiger partial charge < -0.3 is 9.84 Å². The van der Waals surface area contributed by atoms with Gasteiger partial charge >= 0.3 is 0 Å². The molecule has 4 rings (SSSR count). The second-order valence-electron chi connectivity index (χ2n) is 6.12. The topological polar surface area (TPSA) is 47.9 Å². The fourth-order valence-electron chi connectivity index (χ4n) is 3.31. The van der Waals surface area contributed by atoms with Crippen molar-refractivity contribution >= 4 is 16.5 Å². The number of fused-ring (bicyclic) bond motifs is 3. The van der Waals surface area contributed by atoms with Gasteiger partial charge in [-0.2, -0.15) is 0 Å². The number of rotatable bonds is 6. The minimum absolute atomic E-state index is 0.112. The Bertz CT molecular complexity index is 947. The third-order valence-electron chi connectivity index (χ3n) is 4.49. The van der Waals surface area contributed by atoms with Gasteiger partial charge in [0, 0.05) is 11.1 Å². The van der Waals surface area contributed by atoms with Crippen molar-refractivity contribution in [2.45, 2.75) is 19.6 Å². The molecule has 3 aromatic carbocycles. The third-order valence-corrected chi connectivity index (χ3v) is 4.49. The molecule has 0 heterocycles. The lowest BCUT2D eigenvalue weighted by Gasteiger charge is -2.17. The molecule has 0 aromatic heterocycles.